The zero-order valence-corrected chi connectivity index (χ0v) is 13.8. The van der Waals surface area contributed by atoms with Crippen LogP contribution in [0.25, 0.3) is 10.2 Å². The molecule has 0 aliphatic rings. The van der Waals surface area contributed by atoms with Crippen LogP contribution >= 0.6 is 11.3 Å². The van der Waals surface area contributed by atoms with E-state index < -0.39 is 9.84 Å². The number of sulfone groups is 1. The maximum atomic E-state index is 12.0. The summed E-state index contributed by atoms with van der Waals surface area (Å²) < 4.78 is 23.8. The first-order valence-corrected chi connectivity index (χ1v) is 9.47. The summed E-state index contributed by atoms with van der Waals surface area (Å²) in [4.78, 5) is 16.6. The minimum absolute atomic E-state index is 0.0245. The Labute approximate surface area is 128 Å². The number of thiazole rings is 1. The Morgan fingerprint density at radius 3 is 2.57 bits per heavy atom. The summed E-state index contributed by atoms with van der Waals surface area (Å²) in [5.74, 6) is -0.0639. The molecule has 7 heteroatoms. The van der Waals surface area contributed by atoms with E-state index in [1.54, 1.807) is 12.1 Å². The van der Waals surface area contributed by atoms with Crippen molar-refractivity contribution in [1.29, 1.82) is 0 Å². The Balaban J connectivity index is 2.29. The van der Waals surface area contributed by atoms with E-state index in [2.05, 4.69) is 10.3 Å². The first-order chi connectivity index (χ1) is 9.85. The van der Waals surface area contributed by atoms with Crippen molar-refractivity contribution in [1.82, 2.24) is 4.98 Å². The van der Waals surface area contributed by atoms with E-state index in [9.17, 15) is 13.2 Å². The molecule has 0 fully saturated rings. The fraction of sp³-hybridized carbons (Fsp3) is 0.429. The van der Waals surface area contributed by atoms with Crippen molar-refractivity contribution in [2.45, 2.75) is 31.6 Å². The van der Waals surface area contributed by atoms with Gasteiger partial charge in [-0.2, -0.15) is 0 Å². The zero-order chi connectivity index (χ0) is 15.6. The van der Waals surface area contributed by atoms with Crippen LogP contribution in [0.5, 0.6) is 0 Å². The smallest absolute Gasteiger partial charge is 0.229 e. The highest BCUT2D eigenvalue weighted by Gasteiger charge is 2.16. The second kappa shape index (κ2) is 6.11. The Morgan fingerprint density at radius 1 is 1.33 bits per heavy atom. The normalized spacial score (nSPS) is 12.0. The van der Waals surface area contributed by atoms with Gasteiger partial charge in [-0.15, -0.1) is 0 Å². The van der Waals surface area contributed by atoms with E-state index in [1.165, 1.54) is 23.7 Å². The summed E-state index contributed by atoms with van der Waals surface area (Å²) in [6.45, 7) is 3.95. The van der Waals surface area contributed by atoms with Crippen molar-refractivity contribution in [2.75, 3.05) is 11.6 Å². The standard InChI is InChI=1S/C14H18N2O3S2/c1-4-9(5-2)13(17)16-14-15-11-7-6-10(21(3,18)19)8-12(11)20-14/h6-9H,4-5H2,1-3H3,(H,15,16,17). The van der Waals surface area contributed by atoms with Gasteiger partial charge in [-0.1, -0.05) is 25.2 Å². The average molecular weight is 326 g/mol. The maximum Gasteiger partial charge on any atom is 0.229 e. The minimum Gasteiger partial charge on any atom is -0.302 e. The number of rotatable bonds is 5. The Bertz CT molecular complexity index is 762. The quantitative estimate of drug-likeness (QED) is 0.916. The molecule has 1 aromatic heterocycles. The number of fused-ring (bicyclic) bond motifs is 1. The summed E-state index contributed by atoms with van der Waals surface area (Å²) in [7, 11) is -3.24. The molecule has 0 unspecified atom stereocenters. The molecule has 2 aromatic rings. The molecule has 1 N–H and O–H groups in total. The van der Waals surface area contributed by atoms with Crippen molar-refractivity contribution in [3.8, 4) is 0 Å². The summed E-state index contributed by atoms with van der Waals surface area (Å²) in [6.07, 6.45) is 2.74. The molecule has 1 amide bonds. The van der Waals surface area contributed by atoms with Gasteiger partial charge in [0.25, 0.3) is 0 Å². The van der Waals surface area contributed by atoms with E-state index in [0.29, 0.717) is 10.6 Å². The number of carbonyl (C=O) groups excluding carboxylic acids is 1. The monoisotopic (exact) mass is 326 g/mol. The summed E-state index contributed by atoms with van der Waals surface area (Å²) >= 11 is 1.29. The summed E-state index contributed by atoms with van der Waals surface area (Å²) in [5, 5.41) is 3.32. The second-order valence-electron chi connectivity index (χ2n) is 4.92. The fourth-order valence-corrected chi connectivity index (χ4v) is 3.69. The van der Waals surface area contributed by atoms with Gasteiger partial charge in [-0.05, 0) is 31.0 Å². The molecular formula is C14H18N2O3S2. The number of nitrogens with one attached hydrogen (secondary N) is 1. The first kappa shape index (κ1) is 15.9. The Hall–Kier alpha value is -1.47. The van der Waals surface area contributed by atoms with E-state index in [4.69, 9.17) is 0 Å². The van der Waals surface area contributed by atoms with Crippen LogP contribution in [0.1, 0.15) is 26.7 Å². The molecule has 0 saturated carbocycles. The van der Waals surface area contributed by atoms with Gasteiger partial charge in [0.2, 0.25) is 5.91 Å². The van der Waals surface area contributed by atoms with Gasteiger partial charge in [0.1, 0.15) is 0 Å². The Kier molecular flexibility index (Phi) is 4.63. The molecule has 0 radical (unpaired) electrons. The van der Waals surface area contributed by atoms with Gasteiger partial charge < -0.3 is 5.32 Å². The highest BCUT2D eigenvalue weighted by molar-refractivity contribution is 7.90. The zero-order valence-electron chi connectivity index (χ0n) is 12.2. The molecule has 1 heterocycles. The number of nitrogens with zero attached hydrogens (tertiary/aromatic N) is 1. The minimum atomic E-state index is -3.24. The van der Waals surface area contributed by atoms with Crippen molar-refractivity contribution in [3.05, 3.63) is 18.2 Å². The van der Waals surface area contributed by atoms with Crippen molar-refractivity contribution < 1.29 is 13.2 Å². The summed E-state index contributed by atoms with van der Waals surface area (Å²) in [5.41, 5.74) is 0.687. The third-order valence-corrected chi connectivity index (χ3v) is 5.42. The van der Waals surface area contributed by atoms with Crippen molar-refractivity contribution in [3.63, 3.8) is 0 Å². The van der Waals surface area contributed by atoms with E-state index in [-0.39, 0.29) is 16.7 Å². The van der Waals surface area contributed by atoms with Crippen molar-refractivity contribution in [2.24, 2.45) is 5.92 Å². The van der Waals surface area contributed by atoms with E-state index in [0.717, 1.165) is 17.5 Å². The van der Waals surface area contributed by atoms with Gasteiger partial charge in [0.05, 0.1) is 15.1 Å². The number of hydrogen-bond donors (Lipinski definition) is 1. The van der Waals surface area contributed by atoms with Gasteiger partial charge in [0, 0.05) is 12.2 Å². The largest absolute Gasteiger partial charge is 0.302 e. The molecule has 1 aromatic carbocycles. The molecule has 0 aliphatic heterocycles. The lowest BCUT2D eigenvalue weighted by molar-refractivity contribution is -0.120. The predicted octanol–water partition coefficient (Wildman–Crippen LogP) is 3.07. The predicted molar refractivity (Wildman–Crippen MR) is 85.4 cm³/mol. The third kappa shape index (κ3) is 3.59. The lowest BCUT2D eigenvalue weighted by atomic mass is 10.0. The molecular weight excluding hydrogens is 308 g/mol. The lowest BCUT2D eigenvalue weighted by Crippen LogP contribution is -2.21. The number of amides is 1. The molecule has 0 aliphatic carbocycles. The molecule has 0 spiro atoms. The molecule has 2 rings (SSSR count). The number of aromatic nitrogens is 1. The van der Waals surface area contributed by atoms with Crippen LogP contribution in [0.15, 0.2) is 23.1 Å². The molecule has 21 heavy (non-hydrogen) atoms. The summed E-state index contributed by atoms with van der Waals surface area (Å²) in [6, 6.07) is 4.79. The molecule has 0 atom stereocenters. The van der Waals surface area contributed by atoms with Gasteiger partial charge in [0.15, 0.2) is 15.0 Å². The molecule has 0 saturated heterocycles. The van der Waals surface area contributed by atoms with Crippen LogP contribution in [-0.2, 0) is 14.6 Å². The highest BCUT2D eigenvalue weighted by Crippen LogP contribution is 2.28. The van der Waals surface area contributed by atoms with Crippen molar-refractivity contribution >= 4 is 42.4 Å². The SMILES string of the molecule is CCC(CC)C(=O)Nc1nc2ccc(S(C)(=O)=O)cc2s1. The van der Waals surface area contributed by atoms with Crippen LogP contribution in [0.4, 0.5) is 5.13 Å². The molecule has 0 bridgehead atoms. The topological polar surface area (TPSA) is 76.1 Å². The number of anilines is 1. The number of carbonyl (C=O) groups is 1. The van der Waals surface area contributed by atoms with Crippen LogP contribution in [0, 0.1) is 5.92 Å². The average Bonchev–Trinajstić information content (AvgIpc) is 2.80. The van der Waals surface area contributed by atoms with Crippen LogP contribution < -0.4 is 5.32 Å². The lowest BCUT2D eigenvalue weighted by Gasteiger charge is -2.10. The Morgan fingerprint density at radius 2 is 2.00 bits per heavy atom. The van der Waals surface area contributed by atoms with Crippen LogP contribution in [-0.4, -0.2) is 25.6 Å². The van der Waals surface area contributed by atoms with Crippen LogP contribution in [0.2, 0.25) is 0 Å². The fourth-order valence-electron chi connectivity index (χ4n) is 2.06. The number of hydrogen-bond acceptors (Lipinski definition) is 5. The first-order valence-electron chi connectivity index (χ1n) is 6.76. The van der Waals surface area contributed by atoms with E-state index >= 15 is 0 Å². The highest BCUT2D eigenvalue weighted by atomic mass is 32.2. The second-order valence-corrected chi connectivity index (χ2v) is 7.97. The molecule has 114 valence electrons. The van der Waals surface area contributed by atoms with Gasteiger partial charge in [-0.25, -0.2) is 13.4 Å². The van der Waals surface area contributed by atoms with Crippen LogP contribution in [0.3, 0.4) is 0 Å². The third-order valence-electron chi connectivity index (χ3n) is 3.37. The molecule has 5 nitrogen and oxygen atoms in total. The van der Waals surface area contributed by atoms with Gasteiger partial charge in [-0.3, -0.25) is 4.79 Å². The maximum absolute atomic E-state index is 12.0. The van der Waals surface area contributed by atoms with Gasteiger partial charge >= 0.3 is 0 Å². The van der Waals surface area contributed by atoms with E-state index in [1.807, 2.05) is 13.8 Å². The number of benzene rings is 1.